The van der Waals surface area contributed by atoms with Gasteiger partial charge in [-0.05, 0) is 38.4 Å². The van der Waals surface area contributed by atoms with Gasteiger partial charge in [-0.15, -0.1) is 0 Å². The minimum atomic E-state index is 0.133. The van der Waals surface area contributed by atoms with Gasteiger partial charge in [0, 0.05) is 19.3 Å². The summed E-state index contributed by atoms with van der Waals surface area (Å²) < 4.78 is 2.27. The highest BCUT2D eigenvalue weighted by atomic mass is 32.2. The van der Waals surface area contributed by atoms with E-state index in [1.54, 1.807) is 16.7 Å². The second-order valence-corrected chi connectivity index (χ2v) is 6.46. The van der Waals surface area contributed by atoms with Crippen LogP contribution >= 0.6 is 11.8 Å². The first-order chi connectivity index (χ1) is 10.1. The van der Waals surface area contributed by atoms with E-state index in [0.717, 1.165) is 22.9 Å². The lowest BCUT2D eigenvalue weighted by Gasteiger charge is -2.26. The van der Waals surface area contributed by atoms with Gasteiger partial charge in [0.1, 0.15) is 0 Å². The van der Waals surface area contributed by atoms with Crippen LogP contribution in [-0.4, -0.2) is 42.3 Å². The largest absolute Gasteiger partial charge is 0.313 e. The number of nitrogens with zero attached hydrogens (tertiary/aromatic N) is 3. The van der Waals surface area contributed by atoms with Gasteiger partial charge in [-0.2, -0.15) is 0 Å². The van der Waals surface area contributed by atoms with E-state index in [1.165, 1.54) is 5.69 Å². The Morgan fingerprint density at radius 3 is 2.57 bits per heavy atom. The molecule has 0 radical (unpaired) electrons. The number of carbonyl (C=O) groups is 1. The number of carbonyl (C=O) groups excluding carboxylic acids is 1. The third-order valence-corrected chi connectivity index (χ3v) is 4.61. The number of hydrogen-bond acceptors (Lipinski definition) is 3. The molecule has 0 fully saturated rings. The van der Waals surface area contributed by atoms with Crippen LogP contribution < -0.4 is 4.90 Å². The highest BCUT2D eigenvalue weighted by molar-refractivity contribution is 7.99. The molecule has 2 aromatic rings. The predicted molar refractivity (Wildman–Crippen MR) is 87.3 cm³/mol. The molecule has 21 heavy (non-hydrogen) atoms. The number of benzene rings is 1. The summed E-state index contributed by atoms with van der Waals surface area (Å²) in [7, 11) is 5.98. The lowest BCUT2D eigenvalue weighted by atomic mass is 10.2. The maximum absolute atomic E-state index is 12.2. The van der Waals surface area contributed by atoms with Gasteiger partial charge < -0.3 is 14.4 Å². The molecule has 0 saturated carbocycles. The Kier molecular flexibility index (Phi) is 3.78. The molecule has 1 amide bonds. The van der Waals surface area contributed by atoms with Crippen LogP contribution in [0.4, 0.5) is 5.69 Å². The average molecular weight is 301 g/mol. The van der Waals surface area contributed by atoms with Gasteiger partial charge >= 0.3 is 0 Å². The van der Waals surface area contributed by atoms with Gasteiger partial charge in [-0.25, -0.2) is 0 Å². The molecule has 1 aromatic heterocycles. The van der Waals surface area contributed by atoms with Gasteiger partial charge in [-0.1, -0.05) is 23.9 Å². The summed E-state index contributed by atoms with van der Waals surface area (Å²) >= 11 is 1.60. The topological polar surface area (TPSA) is 28.5 Å². The fraction of sp³-hybridized carbons (Fsp3) is 0.312. The fourth-order valence-electron chi connectivity index (χ4n) is 2.60. The summed E-state index contributed by atoms with van der Waals surface area (Å²) in [6.07, 6.45) is 0. The lowest BCUT2D eigenvalue weighted by Crippen LogP contribution is -2.30. The maximum Gasteiger partial charge on any atom is 0.237 e. The Morgan fingerprint density at radius 1 is 1.14 bits per heavy atom. The zero-order valence-corrected chi connectivity index (χ0v) is 13.4. The molecule has 5 heteroatoms. The number of hydrogen-bond donors (Lipinski definition) is 0. The van der Waals surface area contributed by atoms with Crippen molar-refractivity contribution < 1.29 is 4.79 Å². The first kappa shape index (κ1) is 14.2. The van der Waals surface area contributed by atoms with Crippen LogP contribution in [0.5, 0.6) is 0 Å². The minimum Gasteiger partial charge on any atom is -0.313 e. The molecule has 0 bridgehead atoms. The summed E-state index contributed by atoms with van der Waals surface area (Å²) in [4.78, 5) is 16.1. The van der Waals surface area contributed by atoms with Crippen LogP contribution in [0.2, 0.25) is 0 Å². The van der Waals surface area contributed by atoms with Gasteiger partial charge in [0.2, 0.25) is 5.91 Å². The van der Waals surface area contributed by atoms with Gasteiger partial charge in [0.15, 0.2) is 0 Å². The second-order valence-electron chi connectivity index (χ2n) is 5.47. The van der Waals surface area contributed by atoms with Crippen molar-refractivity contribution in [3.8, 4) is 5.69 Å². The van der Waals surface area contributed by atoms with E-state index in [2.05, 4.69) is 41.8 Å². The van der Waals surface area contributed by atoms with Crippen LogP contribution in [0.15, 0.2) is 41.4 Å². The molecule has 1 aliphatic heterocycles. The smallest absolute Gasteiger partial charge is 0.237 e. The van der Waals surface area contributed by atoms with E-state index in [0.29, 0.717) is 5.75 Å². The molecular weight excluding hydrogens is 282 g/mol. The lowest BCUT2D eigenvalue weighted by molar-refractivity contribution is -0.115. The summed E-state index contributed by atoms with van der Waals surface area (Å²) in [5, 5.41) is 1.13. The number of rotatable bonds is 2. The van der Waals surface area contributed by atoms with Crippen LogP contribution in [-0.2, 0) is 11.3 Å². The maximum atomic E-state index is 12.2. The first-order valence-corrected chi connectivity index (χ1v) is 7.90. The third-order valence-electron chi connectivity index (χ3n) is 3.61. The molecule has 1 aliphatic rings. The van der Waals surface area contributed by atoms with Crippen molar-refractivity contribution in [2.24, 2.45) is 0 Å². The van der Waals surface area contributed by atoms with E-state index in [1.807, 2.05) is 25.2 Å². The Balaban J connectivity index is 2.20. The number of para-hydroxylation sites is 2. The zero-order valence-electron chi connectivity index (χ0n) is 12.5. The van der Waals surface area contributed by atoms with E-state index >= 15 is 0 Å². The van der Waals surface area contributed by atoms with Crippen molar-refractivity contribution in [3.63, 3.8) is 0 Å². The summed E-state index contributed by atoms with van der Waals surface area (Å²) in [5.74, 6) is 0.602. The van der Waals surface area contributed by atoms with Crippen molar-refractivity contribution in [2.45, 2.75) is 11.6 Å². The van der Waals surface area contributed by atoms with Crippen molar-refractivity contribution in [2.75, 3.05) is 31.8 Å². The van der Waals surface area contributed by atoms with Crippen LogP contribution in [0.3, 0.4) is 0 Å². The zero-order chi connectivity index (χ0) is 15.0. The van der Waals surface area contributed by atoms with Crippen LogP contribution in [0.25, 0.3) is 5.69 Å². The summed E-state index contributed by atoms with van der Waals surface area (Å²) in [6, 6.07) is 12.3. The average Bonchev–Trinajstić information content (AvgIpc) is 2.84. The third kappa shape index (κ3) is 2.59. The molecule has 0 spiro atoms. The highest BCUT2D eigenvalue weighted by Crippen LogP contribution is 2.34. The van der Waals surface area contributed by atoms with E-state index < -0.39 is 0 Å². The normalized spacial score (nSPS) is 14.7. The molecule has 2 heterocycles. The molecule has 1 aromatic carbocycles. The van der Waals surface area contributed by atoms with E-state index in [9.17, 15) is 4.79 Å². The van der Waals surface area contributed by atoms with Gasteiger partial charge in [0.25, 0.3) is 0 Å². The predicted octanol–water partition coefficient (Wildman–Crippen LogP) is 2.61. The Bertz CT molecular complexity index is 678. The van der Waals surface area contributed by atoms with Crippen molar-refractivity contribution in [1.29, 1.82) is 0 Å². The molecule has 0 saturated heterocycles. The number of aromatic nitrogens is 1. The molecule has 110 valence electrons. The standard InChI is InChI=1S/C16H19N3OS/c1-17(2)10-12-8-9-16-19(12)14-7-5-4-6-13(14)18(3)15(20)11-21-16/h4-9H,10-11H2,1-3H3. The SMILES string of the molecule is CN(C)Cc1ccc2n1-c1ccccc1N(C)C(=O)CS2. The van der Waals surface area contributed by atoms with Crippen molar-refractivity contribution in [1.82, 2.24) is 9.47 Å². The van der Waals surface area contributed by atoms with E-state index in [-0.39, 0.29) is 5.91 Å². The molecule has 0 aliphatic carbocycles. The molecule has 0 atom stereocenters. The number of fused-ring (bicyclic) bond motifs is 3. The number of anilines is 1. The van der Waals surface area contributed by atoms with Gasteiger partial charge in [0.05, 0.1) is 22.2 Å². The molecule has 4 nitrogen and oxygen atoms in total. The van der Waals surface area contributed by atoms with Crippen molar-refractivity contribution in [3.05, 3.63) is 42.1 Å². The fourth-order valence-corrected chi connectivity index (χ4v) is 3.57. The molecule has 3 rings (SSSR count). The quantitative estimate of drug-likeness (QED) is 0.853. The molecule has 0 unspecified atom stereocenters. The first-order valence-electron chi connectivity index (χ1n) is 6.92. The molecule has 0 N–H and O–H groups in total. The number of thioether (sulfide) groups is 1. The Morgan fingerprint density at radius 2 is 1.86 bits per heavy atom. The minimum absolute atomic E-state index is 0.133. The van der Waals surface area contributed by atoms with Crippen molar-refractivity contribution >= 4 is 23.4 Å². The van der Waals surface area contributed by atoms with Crippen LogP contribution in [0, 0.1) is 0 Å². The monoisotopic (exact) mass is 301 g/mol. The Labute approximate surface area is 129 Å². The van der Waals surface area contributed by atoms with E-state index in [4.69, 9.17) is 0 Å². The van der Waals surface area contributed by atoms with Crippen LogP contribution in [0.1, 0.15) is 5.69 Å². The highest BCUT2D eigenvalue weighted by Gasteiger charge is 2.22. The summed E-state index contributed by atoms with van der Waals surface area (Å²) in [5.41, 5.74) is 3.26. The summed E-state index contributed by atoms with van der Waals surface area (Å²) in [6.45, 7) is 0.868. The second kappa shape index (κ2) is 5.58. The molecular formula is C16H19N3OS. The van der Waals surface area contributed by atoms with Gasteiger partial charge in [-0.3, -0.25) is 4.79 Å². The Hall–Kier alpha value is -1.72. The number of amides is 1.